The predicted molar refractivity (Wildman–Crippen MR) is 126 cm³/mol. The van der Waals surface area contributed by atoms with Crippen LogP contribution in [-0.4, -0.2) is 30.6 Å². The van der Waals surface area contributed by atoms with Crippen LogP contribution in [0.1, 0.15) is 18.5 Å². The van der Waals surface area contributed by atoms with E-state index in [0.717, 1.165) is 5.56 Å². The number of aromatic nitrogens is 4. The molecule has 0 fully saturated rings. The normalized spacial score (nSPS) is 14.8. The highest BCUT2D eigenvalue weighted by molar-refractivity contribution is 6.05. The summed E-state index contributed by atoms with van der Waals surface area (Å²) >= 11 is 0. The Balaban J connectivity index is 1.61. The molecule has 2 N–H and O–H groups in total. The van der Waals surface area contributed by atoms with E-state index in [1.807, 2.05) is 30.3 Å². The number of nitrogens with zero attached hydrogens (tertiary/aromatic N) is 5. The highest BCUT2D eigenvalue weighted by Gasteiger charge is 2.34. The minimum atomic E-state index is -0.654. The predicted octanol–water partition coefficient (Wildman–Crippen LogP) is 4.18. The molecule has 0 saturated heterocycles. The fraction of sp³-hybridized carbons (Fsp3) is 0.0833. The fourth-order valence-electron chi connectivity index (χ4n) is 3.88. The van der Waals surface area contributed by atoms with Crippen molar-refractivity contribution >= 4 is 23.2 Å². The van der Waals surface area contributed by atoms with Crippen LogP contribution in [0.5, 0.6) is 0 Å². The lowest BCUT2D eigenvalue weighted by Crippen LogP contribution is -2.31. The largest absolute Gasteiger partial charge is 0.328 e. The summed E-state index contributed by atoms with van der Waals surface area (Å²) < 4.78 is 1.63. The minimum absolute atomic E-state index is 0.0384. The first kappa shape index (κ1) is 21.0. The summed E-state index contributed by atoms with van der Waals surface area (Å²) in [6.07, 6.45) is 3.17. The maximum absolute atomic E-state index is 13.4. The van der Waals surface area contributed by atoms with E-state index in [2.05, 4.69) is 20.6 Å². The van der Waals surface area contributed by atoms with E-state index in [1.165, 1.54) is 12.1 Å². The Labute approximate surface area is 194 Å². The molecular weight excluding hydrogens is 434 g/mol. The molecule has 5 rings (SSSR count). The van der Waals surface area contributed by atoms with Gasteiger partial charge in [0.1, 0.15) is 6.04 Å². The molecule has 4 aromatic rings. The molecule has 34 heavy (non-hydrogen) atoms. The number of nitro groups is 1. The van der Waals surface area contributed by atoms with Gasteiger partial charge < -0.3 is 10.6 Å². The molecule has 2 aromatic heterocycles. The third-order valence-corrected chi connectivity index (χ3v) is 5.47. The molecule has 1 aliphatic heterocycles. The second-order valence-electron chi connectivity index (χ2n) is 7.68. The van der Waals surface area contributed by atoms with Gasteiger partial charge in [0.05, 0.1) is 22.4 Å². The Morgan fingerprint density at radius 3 is 2.53 bits per heavy atom. The average molecular weight is 453 g/mol. The van der Waals surface area contributed by atoms with Gasteiger partial charge in [-0.3, -0.25) is 19.9 Å². The van der Waals surface area contributed by atoms with Gasteiger partial charge in [0.25, 0.3) is 11.6 Å². The summed E-state index contributed by atoms with van der Waals surface area (Å²) in [6, 6.07) is 18.4. The van der Waals surface area contributed by atoms with E-state index in [-0.39, 0.29) is 11.6 Å². The first-order valence-corrected chi connectivity index (χ1v) is 10.5. The number of anilines is 2. The molecule has 3 heterocycles. The van der Waals surface area contributed by atoms with Crippen molar-refractivity contribution in [1.29, 1.82) is 0 Å². The molecule has 0 bridgehead atoms. The van der Waals surface area contributed by atoms with Crippen molar-refractivity contribution in [3.05, 3.63) is 106 Å². The standard InChI is InChI=1S/C24H19N7O3/c1-15-20(23(32)27-18-8-5-13-25-14-18)21(16-9-11-19(12-10-16)31(33)34)30-24(26-15)28-22(29-30)17-6-3-2-4-7-17/h2-14,21H,1H3,(H,27,32)(H,26,28,29). The van der Waals surface area contributed by atoms with Gasteiger partial charge in [-0.1, -0.05) is 30.3 Å². The molecule has 10 heteroatoms. The van der Waals surface area contributed by atoms with Crippen LogP contribution in [0.15, 0.2) is 90.4 Å². The third kappa shape index (κ3) is 3.88. The topological polar surface area (TPSA) is 128 Å². The molecule has 0 aliphatic carbocycles. The van der Waals surface area contributed by atoms with Gasteiger partial charge in [0, 0.05) is 29.6 Å². The van der Waals surface area contributed by atoms with Gasteiger partial charge in [0.15, 0.2) is 5.82 Å². The number of rotatable bonds is 5. The summed E-state index contributed by atoms with van der Waals surface area (Å²) in [4.78, 5) is 32.8. The van der Waals surface area contributed by atoms with Gasteiger partial charge in [-0.25, -0.2) is 4.68 Å². The maximum atomic E-state index is 13.4. The number of nitro benzene ring substituents is 1. The van der Waals surface area contributed by atoms with Gasteiger partial charge in [-0.2, -0.15) is 4.98 Å². The molecule has 0 saturated carbocycles. The highest BCUT2D eigenvalue weighted by Crippen LogP contribution is 2.37. The molecule has 1 aliphatic rings. The number of carbonyl (C=O) groups is 1. The van der Waals surface area contributed by atoms with Crippen LogP contribution in [0.25, 0.3) is 11.4 Å². The lowest BCUT2D eigenvalue weighted by molar-refractivity contribution is -0.384. The quantitative estimate of drug-likeness (QED) is 0.343. The zero-order valence-electron chi connectivity index (χ0n) is 18.0. The van der Waals surface area contributed by atoms with E-state index in [1.54, 1.807) is 48.3 Å². The summed E-state index contributed by atoms with van der Waals surface area (Å²) in [5.74, 6) is 0.623. The number of hydrogen-bond acceptors (Lipinski definition) is 7. The first-order chi connectivity index (χ1) is 16.5. The van der Waals surface area contributed by atoms with E-state index < -0.39 is 11.0 Å². The Kier molecular flexibility index (Phi) is 5.30. The van der Waals surface area contributed by atoms with Crippen LogP contribution in [0.3, 0.4) is 0 Å². The maximum Gasteiger partial charge on any atom is 0.269 e. The van der Waals surface area contributed by atoms with Gasteiger partial charge >= 0.3 is 0 Å². The van der Waals surface area contributed by atoms with Crippen LogP contribution in [0, 0.1) is 10.1 Å². The van der Waals surface area contributed by atoms with Crippen molar-refractivity contribution in [2.75, 3.05) is 10.6 Å². The van der Waals surface area contributed by atoms with Crippen molar-refractivity contribution in [2.45, 2.75) is 13.0 Å². The fourth-order valence-corrected chi connectivity index (χ4v) is 3.88. The van der Waals surface area contributed by atoms with Crippen molar-refractivity contribution in [3.63, 3.8) is 0 Å². The zero-order valence-corrected chi connectivity index (χ0v) is 18.0. The van der Waals surface area contributed by atoms with Crippen molar-refractivity contribution < 1.29 is 9.72 Å². The van der Waals surface area contributed by atoms with E-state index in [9.17, 15) is 14.9 Å². The molecule has 2 aromatic carbocycles. The molecule has 1 unspecified atom stereocenters. The number of fused-ring (bicyclic) bond motifs is 1. The van der Waals surface area contributed by atoms with Crippen LogP contribution in [0.2, 0.25) is 0 Å². The Morgan fingerprint density at radius 1 is 1.09 bits per heavy atom. The van der Waals surface area contributed by atoms with E-state index in [0.29, 0.717) is 34.3 Å². The Hall–Kier alpha value is -4.86. The van der Waals surface area contributed by atoms with Crippen LogP contribution >= 0.6 is 0 Å². The first-order valence-electron chi connectivity index (χ1n) is 10.5. The van der Waals surface area contributed by atoms with Gasteiger partial charge in [-0.05, 0) is 36.8 Å². The van der Waals surface area contributed by atoms with Crippen molar-refractivity contribution in [1.82, 2.24) is 19.7 Å². The molecule has 0 spiro atoms. The SMILES string of the molecule is CC1=C(C(=O)Nc2cccnc2)C(c2ccc([N+](=O)[O-])cc2)n2nc(-c3ccccc3)nc2N1. The lowest BCUT2D eigenvalue weighted by Gasteiger charge is -2.28. The number of benzene rings is 2. The number of amides is 1. The highest BCUT2D eigenvalue weighted by atomic mass is 16.6. The van der Waals surface area contributed by atoms with Crippen LogP contribution < -0.4 is 10.6 Å². The van der Waals surface area contributed by atoms with Gasteiger partial charge in [0.2, 0.25) is 5.95 Å². The Morgan fingerprint density at radius 2 is 1.85 bits per heavy atom. The van der Waals surface area contributed by atoms with E-state index >= 15 is 0 Å². The molecular formula is C24H19N7O3. The number of nitrogens with one attached hydrogen (secondary N) is 2. The van der Waals surface area contributed by atoms with Crippen LogP contribution in [0.4, 0.5) is 17.3 Å². The third-order valence-electron chi connectivity index (χ3n) is 5.47. The number of hydrogen-bond donors (Lipinski definition) is 2. The number of allylic oxidation sites excluding steroid dienone is 1. The summed E-state index contributed by atoms with van der Waals surface area (Å²) in [7, 11) is 0. The monoisotopic (exact) mass is 453 g/mol. The number of carbonyl (C=O) groups excluding carboxylic acids is 1. The zero-order chi connectivity index (χ0) is 23.7. The summed E-state index contributed by atoms with van der Waals surface area (Å²) in [5, 5.41) is 21.9. The number of pyridine rings is 1. The summed E-state index contributed by atoms with van der Waals surface area (Å²) in [5.41, 5.74) is 3.01. The van der Waals surface area contributed by atoms with Crippen LogP contribution in [-0.2, 0) is 4.79 Å². The lowest BCUT2D eigenvalue weighted by atomic mass is 9.95. The molecule has 168 valence electrons. The second kappa shape index (κ2) is 8.58. The molecule has 1 amide bonds. The van der Waals surface area contributed by atoms with Crippen molar-refractivity contribution in [3.8, 4) is 11.4 Å². The Bertz CT molecular complexity index is 1400. The smallest absolute Gasteiger partial charge is 0.269 e. The molecule has 10 nitrogen and oxygen atoms in total. The van der Waals surface area contributed by atoms with Gasteiger partial charge in [-0.15, -0.1) is 5.10 Å². The minimum Gasteiger partial charge on any atom is -0.328 e. The van der Waals surface area contributed by atoms with Crippen molar-refractivity contribution in [2.24, 2.45) is 0 Å². The van der Waals surface area contributed by atoms with E-state index in [4.69, 9.17) is 5.10 Å². The average Bonchev–Trinajstić information content (AvgIpc) is 3.28. The molecule has 1 atom stereocenters. The second-order valence-corrected chi connectivity index (χ2v) is 7.68. The summed E-state index contributed by atoms with van der Waals surface area (Å²) in [6.45, 7) is 1.79. The molecule has 0 radical (unpaired) electrons. The number of non-ortho nitro benzene ring substituents is 1.